The van der Waals surface area contributed by atoms with E-state index in [2.05, 4.69) is 15.2 Å². The third kappa shape index (κ3) is 3.82. The lowest BCUT2D eigenvalue weighted by Crippen LogP contribution is -2.43. The van der Waals surface area contributed by atoms with Gasteiger partial charge in [-0.05, 0) is 19.4 Å². The zero-order chi connectivity index (χ0) is 16.9. The molecule has 1 atom stereocenters. The highest BCUT2D eigenvalue weighted by Gasteiger charge is 2.21. The first-order valence-corrected chi connectivity index (χ1v) is 8.28. The quantitative estimate of drug-likeness (QED) is 0.816. The molecule has 130 valence electrons. The summed E-state index contributed by atoms with van der Waals surface area (Å²) in [5.74, 6) is 0.628. The topological polar surface area (TPSA) is 99.4 Å². The standard InChI is InChI=1S/C16H23N5O3/c1-2-12-7-15(24-19-12)11-21-16(22)8-13(9-18-21)20-5-6-23-14(10-20)3-4-17/h7-9,14H,2-6,10-11,17H2,1H3/t14-/m1/s1. The Morgan fingerprint density at radius 1 is 1.42 bits per heavy atom. The van der Waals surface area contributed by atoms with E-state index in [0.717, 1.165) is 37.3 Å². The number of ether oxygens (including phenoxy) is 1. The fraction of sp³-hybridized carbons (Fsp3) is 0.562. The summed E-state index contributed by atoms with van der Waals surface area (Å²) in [6.45, 7) is 4.98. The normalized spacial score (nSPS) is 18.1. The Hall–Kier alpha value is -2.19. The van der Waals surface area contributed by atoms with E-state index in [9.17, 15) is 4.79 Å². The number of hydrogen-bond acceptors (Lipinski definition) is 7. The maximum absolute atomic E-state index is 12.3. The van der Waals surface area contributed by atoms with Crippen molar-refractivity contribution in [2.75, 3.05) is 31.1 Å². The van der Waals surface area contributed by atoms with Gasteiger partial charge in [-0.3, -0.25) is 4.79 Å². The minimum atomic E-state index is -0.163. The zero-order valence-corrected chi connectivity index (χ0v) is 13.9. The average molecular weight is 333 g/mol. The van der Waals surface area contributed by atoms with Gasteiger partial charge in [0.2, 0.25) is 0 Å². The molecule has 8 heteroatoms. The lowest BCUT2D eigenvalue weighted by Gasteiger charge is -2.34. The van der Waals surface area contributed by atoms with Gasteiger partial charge in [-0.25, -0.2) is 4.68 Å². The van der Waals surface area contributed by atoms with Gasteiger partial charge in [0.1, 0.15) is 6.54 Å². The Morgan fingerprint density at radius 2 is 2.29 bits per heavy atom. The molecule has 2 aromatic heterocycles. The van der Waals surface area contributed by atoms with Gasteiger partial charge in [-0.2, -0.15) is 5.10 Å². The first-order chi connectivity index (χ1) is 11.7. The first kappa shape index (κ1) is 16.7. The van der Waals surface area contributed by atoms with Gasteiger partial charge in [-0.15, -0.1) is 0 Å². The van der Waals surface area contributed by atoms with E-state index in [-0.39, 0.29) is 18.2 Å². The Balaban J connectivity index is 1.71. The second kappa shape index (κ2) is 7.59. The van der Waals surface area contributed by atoms with Crippen molar-refractivity contribution in [3.8, 4) is 0 Å². The fourth-order valence-electron chi connectivity index (χ4n) is 2.77. The molecule has 3 rings (SSSR count). The number of nitrogens with zero attached hydrogens (tertiary/aromatic N) is 4. The third-order valence-electron chi connectivity index (χ3n) is 4.12. The van der Waals surface area contributed by atoms with Crippen LogP contribution in [0.4, 0.5) is 5.69 Å². The van der Waals surface area contributed by atoms with Crippen LogP contribution >= 0.6 is 0 Å². The van der Waals surface area contributed by atoms with Crippen molar-refractivity contribution in [1.82, 2.24) is 14.9 Å². The van der Waals surface area contributed by atoms with Gasteiger partial charge in [0.25, 0.3) is 5.56 Å². The lowest BCUT2D eigenvalue weighted by molar-refractivity contribution is 0.0368. The van der Waals surface area contributed by atoms with Crippen molar-refractivity contribution >= 4 is 5.69 Å². The maximum atomic E-state index is 12.3. The summed E-state index contributed by atoms with van der Waals surface area (Å²) in [4.78, 5) is 14.4. The van der Waals surface area contributed by atoms with Crippen LogP contribution in [0.1, 0.15) is 24.8 Å². The number of hydrogen-bond donors (Lipinski definition) is 1. The SMILES string of the molecule is CCc1cc(Cn2ncc(N3CCO[C@H](CCN)C3)cc2=O)on1. The Morgan fingerprint density at radius 3 is 3.00 bits per heavy atom. The fourth-order valence-corrected chi connectivity index (χ4v) is 2.77. The van der Waals surface area contributed by atoms with Crippen LogP contribution in [0.3, 0.4) is 0 Å². The summed E-state index contributed by atoms with van der Waals surface area (Å²) in [6.07, 6.45) is 3.43. The highest BCUT2D eigenvalue weighted by atomic mass is 16.5. The van der Waals surface area contributed by atoms with Crippen LogP contribution in [0, 0.1) is 0 Å². The summed E-state index contributed by atoms with van der Waals surface area (Å²) in [5.41, 5.74) is 7.11. The molecule has 0 aliphatic carbocycles. The van der Waals surface area contributed by atoms with E-state index < -0.39 is 0 Å². The molecule has 0 radical (unpaired) electrons. The zero-order valence-electron chi connectivity index (χ0n) is 13.9. The molecule has 0 bridgehead atoms. The first-order valence-electron chi connectivity index (χ1n) is 8.28. The molecule has 8 nitrogen and oxygen atoms in total. The largest absolute Gasteiger partial charge is 0.374 e. The van der Waals surface area contributed by atoms with Gasteiger partial charge in [0.15, 0.2) is 5.76 Å². The molecule has 0 spiro atoms. The number of nitrogens with two attached hydrogens (primary N) is 1. The maximum Gasteiger partial charge on any atom is 0.269 e. The predicted octanol–water partition coefficient (Wildman–Crippen LogP) is 0.396. The molecule has 2 N–H and O–H groups in total. The molecule has 24 heavy (non-hydrogen) atoms. The van der Waals surface area contributed by atoms with E-state index in [1.165, 1.54) is 4.68 Å². The second-order valence-corrected chi connectivity index (χ2v) is 5.86. The summed E-state index contributed by atoms with van der Waals surface area (Å²) >= 11 is 0. The summed E-state index contributed by atoms with van der Waals surface area (Å²) in [6, 6.07) is 3.45. The van der Waals surface area contributed by atoms with Gasteiger partial charge in [0, 0.05) is 25.2 Å². The monoisotopic (exact) mass is 333 g/mol. The van der Waals surface area contributed by atoms with Gasteiger partial charge < -0.3 is 19.9 Å². The van der Waals surface area contributed by atoms with E-state index in [1.807, 2.05) is 13.0 Å². The van der Waals surface area contributed by atoms with Crippen molar-refractivity contribution in [3.05, 3.63) is 40.1 Å². The number of aromatic nitrogens is 3. The van der Waals surface area contributed by atoms with Crippen LogP contribution in [0.25, 0.3) is 0 Å². The van der Waals surface area contributed by atoms with Crippen molar-refractivity contribution in [2.45, 2.75) is 32.4 Å². The molecule has 0 saturated carbocycles. The van der Waals surface area contributed by atoms with Crippen LogP contribution < -0.4 is 16.2 Å². The van der Waals surface area contributed by atoms with E-state index in [0.29, 0.717) is 18.9 Å². The Kier molecular flexibility index (Phi) is 5.27. The van der Waals surface area contributed by atoms with Gasteiger partial charge in [0.05, 0.1) is 30.3 Å². The highest BCUT2D eigenvalue weighted by Crippen LogP contribution is 2.16. The van der Waals surface area contributed by atoms with Gasteiger partial charge >= 0.3 is 0 Å². The molecule has 0 unspecified atom stereocenters. The van der Waals surface area contributed by atoms with Gasteiger partial charge in [-0.1, -0.05) is 12.1 Å². The molecule has 0 amide bonds. The minimum Gasteiger partial charge on any atom is -0.374 e. The van der Waals surface area contributed by atoms with Crippen LogP contribution in [-0.2, 0) is 17.7 Å². The molecule has 0 aromatic carbocycles. The molecule has 3 heterocycles. The molecule has 1 saturated heterocycles. The minimum absolute atomic E-state index is 0.104. The second-order valence-electron chi connectivity index (χ2n) is 5.86. The van der Waals surface area contributed by atoms with Crippen LogP contribution in [-0.4, -0.2) is 47.3 Å². The number of aryl methyl sites for hydroxylation is 1. The Bertz CT molecular complexity index is 724. The lowest BCUT2D eigenvalue weighted by atomic mass is 10.2. The van der Waals surface area contributed by atoms with E-state index in [4.69, 9.17) is 15.0 Å². The molecule has 1 aliphatic heterocycles. The predicted molar refractivity (Wildman–Crippen MR) is 89.1 cm³/mol. The van der Waals surface area contributed by atoms with Crippen LogP contribution in [0.15, 0.2) is 27.6 Å². The summed E-state index contributed by atoms with van der Waals surface area (Å²) in [7, 11) is 0. The number of anilines is 1. The summed E-state index contributed by atoms with van der Waals surface area (Å²) < 4.78 is 12.3. The van der Waals surface area contributed by atoms with Crippen LogP contribution in [0.5, 0.6) is 0 Å². The van der Waals surface area contributed by atoms with Crippen molar-refractivity contribution in [2.24, 2.45) is 5.73 Å². The Labute approximate surface area is 140 Å². The van der Waals surface area contributed by atoms with Crippen molar-refractivity contribution < 1.29 is 9.26 Å². The highest BCUT2D eigenvalue weighted by molar-refractivity contribution is 5.43. The van der Waals surface area contributed by atoms with Crippen molar-refractivity contribution in [1.29, 1.82) is 0 Å². The smallest absolute Gasteiger partial charge is 0.269 e. The summed E-state index contributed by atoms with van der Waals surface area (Å²) in [5, 5.41) is 8.19. The number of morpholine rings is 1. The molecular weight excluding hydrogens is 310 g/mol. The molecule has 2 aromatic rings. The van der Waals surface area contributed by atoms with E-state index >= 15 is 0 Å². The van der Waals surface area contributed by atoms with Crippen LogP contribution in [0.2, 0.25) is 0 Å². The van der Waals surface area contributed by atoms with E-state index in [1.54, 1.807) is 12.3 Å². The van der Waals surface area contributed by atoms with Crippen molar-refractivity contribution in [3.63, 3.8) is 0 Å². The number of rotatable bonds is 6. The molecule has 1 aliphatic rings. The third-order valence-corrected chi connectivity index (χ3v) is 4.12. The molecular formula is C16H23N5O3. The molecule has 1 fully saturated rings. The average Bonchev–Trinajstić information content (AvgIpc) is 3.05.